The monoisotopic (exact) mass is 389 g/mol. The SMILES string of the molecule is COc1ccc(OC)c(C(C)NS(=O)(=O)c2cc(Cl)cc(Cl)c2)c1. The first-order chi connectivity index (χ1) is 11.3. The number of nitrogens with one attached hydrogen (secondary N) is 1. The van der Waals surface area contributed by atoms with Crippen LogP contribution in [0.2, 0.25) is 10.0 Å². The second-order valence-electron chi connectivity index (χ2n) is 5.06. The molecule has 0 fully saturated rings. The van der Waals surface area contributed by atoms with Crippen LogP contribution < -0.4 is 14.2 Å². The minimum absolute atomic E-state index is 0.00582. The van der Waals surface area contributed by atoms with E-state index in [1.54, 1.807) is 25.1 Å². The van der Waals surface area contributed by atoms with Crippen LogP contribution in [0.5, 0.6) is 11.5 Å². The number of hydrogen-bond donors (Lipinski definition) is 1. The van der Waals surface area contributed by atoms with Crippen LogP contribution in [0.4, 0.5) is 0 Å². The highest BCUT2D eigenvalue weighted by Crippen LogP contribution is 2.30. The maximum absolute atomic E-state index is 12.6. The molecule has 8 heteroatoms. The molecule has 2 rings (SSSR count). The van der Waals surface area contributed by atoms with Gasteiger partial charge < -0.3 is 9.47 Å². The fraction of sp³-hybridized carbons (Fsp3) is 0.250. The van der Waals surface area contributed by atoms with Crippen LogP contribution in [0.3, 0.4) is 0 Å². The zero-order valence-corrected chi connectivity index (χ0v) is 15.7. The molecule has 0 bridgehead atoms. The Morgan fingerprint density at radius 1 is 1.00 bits per heavy atom. The van der Waals surface area contributed by atoms with Crippen LogP contribution in [0, 0.1) is 0 Å². The maximum atomic E-state index is 12.6. The first-order valence-corrected chi connectivity index (χ1v) is 9.21. The molecule has 5 nitrogen and oxygen atoms in total. The summed E-state index contributed by atoms with van der Waals surface area (Å²) in [7, 11) is -0.759. The average Bonchev–Trinajstić information content (AvgIpc) is 2.52. The molecular formula is C16H17Cl2NO4S. The number of methoxy groups -OCH3 is 2. The van der Waals surface area contributed by atoms with Crippen molar-refractivity contribution in [2.45, 2.75) is 17.9 Å². The molecule has 0 heterocycles. The van der Waals surface area contributed by atoms with E-state index in [4.69, 9.17) is 32.7 Å². The highest BCUT2D eigenvalue weighted by Gasteiger charge is 2.22. The van der Waals surface area contributed by atoms with Gasteiger partial charge in [-0.05, 0) is 43.3 Å². The first kappa shape index (κ1) is 18.9. The van der Waals surface area contributed by atoms with E-state index >= 15 is 0 Å². The summed E-state index contributed by atoms with van der Waals surface area (Å²) in [6.45, 7) is 1.71. The van der Waals surface area contributed by atoms with Crippen molar-refractivity contribution in [3.05, 3.63) is 52.0 Å². The summed E-state index contributed by atoms with van der Waals surface area (Å²) in [5, 5.41) is 0.490. The molecule has 2 aromatic carbocycles. The van der Waals surface area contributed by atoms with Crippen molar-refractivity contribution in [1.82, 2.24) is 4.72 Å². The van der Waals surface area contributed by atoms with Gasteiger partial charge in [0.05, 0.1) is 19.1 Å². The summed E-state index contributed by atoms with van der Waals surface area (Å²) >= 11 is 11.8. The lowest BCUT2D eigenvalue weighted by molar-refractivity contribution is 0.395. The molecule has 1 unspecified atom stereocenters. The zero-order valence-electron chi connectivity index (χ0n) is 13.3. The summed E-state index contributed by atoms with van der Waals surface area (Å²) in [5.74, 6) is 1.15. The van der Waals surface area contributed by atoms with Gasteiger partial charge >= 0.3 is 0 Å². The van der Waals surface area contributed by atoms with Crippen molar-refractivity contribution in [2.75, 3.05) is 14.2 Å². The predicted octanol–water partition coefficient (Wildman–Crippen LogP) is 4.05. The van der Waals surface area contributed by atoms with Crippen LogP contribution >= 0.6 is 23.2 Å². The number of rotatable bonds is 6. The molecule has 0 amide bonds. The molecule has 0 aliphatic rings. The molecule has 24 heavy (non-hydrogen) atoms. The molecule has 0 aromatic heterocycles. The third-order valence-corrected chi connectivity index (χ3v) is 5.34. The molecule has 0 saturated heterocycles. The van der Waals surface area contributed by atoms with Gasteiger partial charge in [-0.25, -0.2) is 13.1 Å². The van der Waals surface area contributed by atoms with Gasteiger partial charge in [-0.15, -0.1) is 0 Å². The molecule has 1 atom stereocenters. The van der Waals surface area contributed by atoms with Crippen molar-refractivity contribution in [3.63, 3.8) is 0 Å². The number of benzene rings is 2. The lowest BCUT2D eigenvalue weighted by atomic mass is 10.1. The summed E-state index contributed by atoms with van der Waals surface area (Å²) < 4.78 is 38.2. The quantitative estimate of drug-likeness (QED) is 0.808. The second kappa shape index (κ2) is 7.61. The van der Waals surface area contributed by atoms with Gasteiger partial charge in [-0.1, -0.05) is 23.2 Å². The summed E-state index contributed by atoms with van der Waals surface area (Å²) in [4.78, 5) is -0.00582. The van der Waals surface area contributed by atoms with E-state index in [2.05, 4.69) is 4.72 Å². The van der Waals surface area contributed by atoms with Gasteiger partial charge in [0.15, 0.2) is 0 Å². The summed E-state index contributed by atoms with van der Waals surface area (Å²) in [6.07, 6.45) is 0. The Kier molecular flexibility index (Phi) is 5.98. The van der Waals surface area contributed by atoms with Gasteiger partial charge in [-0.2, -0.15) is 0 Å². The Morgan fingerprint density at radius 3 is 2.17 bits per heavy atom. The van der Waals surface area contributed by atoms with E-state index in [0.717, 1.165) is 0 Å². The van der Waals surface area contributed by atoms with Crippen molar-refractivity contribution >= 4 is 33.2 Å². The van der Waals surface area contributed by atoms with E-state index in [1.807, 2.05) is 0 Å². The van der Waals surface area contributed by atoms with Crippen LogP contribution in [0.15, 0.2) is 41.3 Å². The lowest BCUT2D eigenvalue weighted by Crippen LogP contribution is -2.27. The molecule has 2 aromatic rings. The van der Waals surface area contributed by atoms with E-state index in [9.17, 15) is 8.42 Å². The predicted molar refractivity (Wildman–Crippen MR) is 94.7 cm³/mol. The van der Waals surface area contributed by atoms with Crippen LogP contribution in [-0.4, -0.2) is 22.6 Å². The molecule has 0 radical (unpaired) electrons. The fourth-order valence-electron chi connectivity index (χ4n) is 2.23. The third-order valence-electron chi connectivity index (χ3n) is 3.38. The summed E-state index contributed by atoms with van der Waals surface area (Å²) in [6, 6.07) is 8.76. The summed E-state index contributed by atoms with van der Waals surface area (Å²) in [5.41, 5.74) is 0.647. The van der Waals surface area contributed by atoms with Gasteiger partial charge in [0.1, 0.15) is 11.5 Å². The minimum atomic E-state index is -3.81. The maximum Gasteiger partial charge on any atom is 0.241 e. The van der Waals surface area contributed by atoms with Gasteiger partial charge in [0, 0.05) is 21.7 Å². The highest BCUT2D eigenvalue weighted by molar-refractivity contribution is 7.89. The molecule has 0 aliphatic heterocycles. The van der Waals surface area contributed by atoms with Gasteiger partial charge in [0.2, 0.25) is 10.0 Å². The van der Waals surface area contributed by atoms with Crippen LogP contribution in [0.25, 0.3) is 0 Å². The first-order valence-electron chi connectivity index (χ1n) is 6.97. The second-order valence-corrected chi connectivity index (χ2v) is 7.64. The normalized spacial score (nSPS) is 12.7. The zero-order chi connectivity index (χ0) is 17.9. The Balaban J connectivity index is 2.36. The third kappa shape index (κ3) is 4.33. The van der Waals surface area contributed by atoms with Crippen molar-refractivity contribution in [1.29, 1.82) is 0 Å². The smallest absolute Gasteiger partial charge is 0.241 e. The average molecular weight is 390 g/mol. The molecule has 1 N–H and O–H groups in total. The van der Waals surface area contributed by atoms with Gasteiger partial charge in [0.25, 0.3) is 0 Å². The number of sulfonamides is 1. The van der Waals surface area contributed by atoms with E-state index in [-0.39, 0.29) is 14.9 Å². The van der Waals surface area contributed by atoms with Crippen molar-refractivity contribution < 1.29 is 17.9 Å². The standard InChI is InChI=1S/C16H17Cl2NO4S/c1-10(15-9-13(22-2)4-5-16(15)23-3)19-24(20,21)14-7-11(17)6-12(18)8-14/h4-10,19H,1-3H3. The number of ether oxygens (including phenoxy) is 2. The topological polar surface area (TPSA) is 64.6 Å². The largest absolute Gasteiger partial charge is 0.497 e. The van der Waals surface area contributed by atoms with Crippen LogP contribution in [0.1, 0.15) is 18.5 Å². The minimum Gasteiger partial charge on any atom is -0.497 e. The van der Waals surface area contributed by atoms with Gasteiger partial charge in [-0.3, -0.25) is 0 Å². The molecule has 0 aliphatic carbocycles. The number of halogens is 2. The Bertz CT molecular complexity index is 820. The van der Waals surface area contributed by atoms with Crippen molar-refractivity contribution in [3.8, 4) is 11.5 Å². The van der Waals surface area contributed by atoms with E-state index in [1.165, 1.54) is 32.4 Å². The Labute approximate surface area is 151 Å². The van der Waals surface area contributed by atoms with Crippen molar-refractivity contribution in [2.24, 2.45) is 0 Å². The van der Waals surface area contributed by atoms with E-state index in [0.29, 0.717) is 17.1 Å². The Hall–Kier alpha value is -1.47. The molecule has 130 valence electrons. The lowest BCUT2D eigenvalue weighted by Gasteiger charge is -2.18. The highest BCUT2D eigenvalue weighted by atomic mass is 35.5. The Morgan fingerprint density at radius 2 is 1.62 bits per heavy atom. The van der Waals surface area contributed by atoms with Crippen LogP contribution in [-0.2, 0) is 10.0 Å². The fourth-order valence-corrected chi connectivity index (χ4v) is 4.17. The molecule has 0 spiro atoms. The van der Waals surface area contributed by atoms with E-state index < -0.39 is 16.1 Å². The molecule has 0 saturated carbocycles. The molecular weight excluding hydrogens is 373 g/mol. The number of hydrogen-bond acceptors (Lipinski definition) is 4.